The van der Waals surface area contributed by atoms with E-state index in [2.05, 4.69) is 20.8 Å². The smallest absolute Gasteiger partial charge is 0.137 e. The molecule has 1 atom stereocenters. The lowest BCUT2D eigenvalue weighted by Gasteiger charge is -2.37. The third-order valence-corrected chi connectivity index (χ3v) is 3.80. The van der Waals surface area contributed by atoms with E-state index < -0.39 is 6.10 Å². The van der Waals surface area contributed by atoms with Gasteiger partial charge in [-0.2, -0.15) is 0 Å². The van der Waals surface area contributed by atoms with E-state index in [4.69, 9.17) is 4.74 Å². The summed E-state index contributed by atoms with van der Waals surface area (Å²) in [6, 6.07) is 9.65. The summed E-state index contributed by atoms with van der Waals surface area (Å²) in [7, 11) is 0. The number of quaternary nitrogens is 1. The molecule has 4 heteroatoms. The summed E-state index contributed by atoms with van der Waals surface area (Å²) in [6.07, 6.45) is -0.412. The van der Waals surface area contributed by atoms with Crippen molar-refractivity contribution < 1.29 is 31.3 Å². The zero-order chi connectivity index (χ0) is 13.4. The Morgan fingerprint density at radius 1 is 1.05 bits per heavy atom. The SMILES string of the molecule is CC[N+](CC)(CC)CC(O)COc1ccccc1.[Br-]. The first-order valence-electron chi connectivity index (χ1n) is 6.86. The molecule has 3 nitrogen and oxygen atoms in total. The van der Waals surface area contributed by atoms with Crippen molar-refractivity contribution in [3.8, 4) is 5.75 Å². The number of hydrogen-bond acceptors (Lipinski definition) is 2. The highest BCUT2D eigenvalue weighted by Gasteiger charge is 2.25. The predicted molar refractivity (Wildman–Crippen MR) is 74.7 cm³/mol. The van der Waals surface area contributed by atoms with Crippen LogP contribution in [0.3, 0.4) is 0 Å². The molecule has 0 aliphatic rings. The second-order valence-corrected chi connectivity index (χ2v) is 4.75. The number of aliphatic hydroxyl groups excluding tert-OH is 1. The molecule has 1 N–H and O–H groups in total. The van der Waals surface area contributed by atoms with Crippen LogP contribution in [0.2, 0.25) is 0 Å². The maximum absolute atomic E-state index is 10.1. The maximum Gasteiger partial charge on any atom is 0.137 e. The van der Waals surface area contributed by atoms with Crippen molar-refractivity contribution in [3.05, 3.63) is 30.3 Å². The molecule has 110 valence electrons. The van der Waals surface area contributed by atoms with Gasteiger partial charge in [0.2, 0.25) is 0 Å². The van der Waals surface area contributed by atoms with Crippen molar-refractivity contribution in [2.24, 2.45) is 0 Å². The second kappa shape index (κ2) is 9.34. The fourth-order valence-electron chi connectivity index (χ4n) is 2.27. The average molecular weight is 332 g/mol. The van der Waals surface area contributed by atoms with Crippen LogP contribution in [-0.2, 0) is 0 Å². The van der Waals surface area contributed by atoms with Gasteiger partial charge in [-0.15, -0.1) is 0 Å². The summed E-state index contributed by atoms with van der Waals surface area (Å²) in [4.78, 5) is 0. The lowest BCUT2D eigenvalue weighted by atomic mass is 10.2. The molecule has 0 spiro atoms. The fourth-order valence-corrected chi connectivity index (χ4v) is 2.27. The molecular weight excluding hydrogens is 306 g/mol. The van der Waals surface area contributed by atoms with Gasteiger partial charge in [-0.25, -0.2) is 0 Å². The summed E-state index contributed by atoms with van der Waals surface area (Å²) >= 11 is 0. The molecule has 0 heterocycles. The van der Waals surface area contributed by atoms with E-state index in [-0.39, 0.29) is 17.0 Å². The van der Waals surface area contributed by atoms with E-state index in [1.165, 1.54) is 0 Å². The van der Waals surface area contributed by atoms with Gasteiger partial charge in [0.25, 0.3) is 0 Å². The predicted octanol–water partition coefficient (Wildman–Crippen LogP) is -0.693. The van der Waals surface area contributed by atoms with E-state index in [1.807, 2.05) is 30.3 Å². The minimum absolute atomic E-state index is 0. The molecule has 0 aliphatic heterocycles. The quantitative estimate of drug-likeness (QED) is 0.639. The molecule has 0 aromatic heterocycles. The molecule has 0 fully saturated rings. The number of para-hydroxylation sites is 1. The molecule has 1 rings (SSSR count). The average Bonchev–Trinajstić information content (AvgIpc) is 2.44. The van der Waals surface area contributed by atoms with Crippen LogP contribution in [-0.4, -0.2) is 48.5 Å². The topological polar surface area (TPSA) is 29.5 Å². The van der Waals surface area contributed by atoms with Crippen molar-refractivity contribution in [1.29, 1.82) is 0 Å². The standard InChI is InChI=1S/C15H26NO2.BrH/c1-4-16(5-2,6-3)12-14(17)13-18-15-10-8-7-9-11-15;/h7-11,14,17H,4-6,12-13H2,1-3H3;1H/q+1;/p-1. The van der Waals surface area contributed by atoms with Gasteiger partial charge in [0.05, 0.1) is 19.6 Å². The van der Waals surface area contributed by atoms with E-state index in [0.717, 1.165) is 36.4 Å². The largest absolute Gasteiger partial charge is 1.00 e. The minimum atomic E-state index is -0.412. The van der Waals surface area contributed by atoms with Gasteiger partial charge in [-0.1, -0.05) is 18.2 Å². The lowest BCUT2D eigenvalue weighted by molar-refractivity contribution is -0.926. The van der Waals surface area contributed by atoms with Crippen molar-refractivity contribution in [3.63, 3.8) is 0 Å². The van der Waals surface area contributed by atoms with Crippen LogP contribution in [0.25, 0.3) is 0 Å². The minimum Gasteiger partial charge on any atom is -1.00 e. The van der Waals surface area contributed by atoms with Crippen LogP contribution < -0.4 is 21.7 Å². The zero-order valence-corrected chi connectivity index (χ0v) is 13.8. The third-order valence-electron chi connectivity index (χ3n) is 3.80. The van der Waals surface area contributed by atoms with Crippen molar-refractivity contribution in [2.45, 2.75) is 26.9 Å². The van der Waals surface area contributed by atoms with Gasteiger partial charge in [0, 0.05) is 0 Å². The highest BCUT2D eigenvalue weighted by molar-refractivity contribution is 5.20. The number of aliphatic hydroxyl groups is 1. The number of nitrogens with zero attached hydrogens (tertiary/aromatic N) is 1. The van der Waals surface area contributed by atoms with Gasteiger partial charge >= 0.3 is 0 Å². The third kappa shape index (κ3) is 5.93. The van der Waals surface area contributed by atoms with Crippen LogP contribution in [0.5, 0.6) is 5.75 Å². The first-order chi connectivity index (χ1) is 8.65. The molecule has 0 saturated carbocycles. The zero-order valence-electron chi connectivity index (χ0n) is 12.2. The molecule has 1 aromatic rings. The first-order valence-corrected chi connectivity index (χ1v) is 6.86. The number of rotatable bonds is 8. The van der Waals surface area contributed by atoms with Crippen LogP contribution in [0.4, 0.5) is 0 Å². The Balaban J connectivity index is 0.00000324. The Hall–Kier alpha value is -0.580. The molecule has 0 saturated heterocycles. The summed E-state index contributed by atoms with van der Waals surface area (Å²) in [5.74, 6) is 0.819. The van der Waals surface area contributed by atoms with Crippen LogP contribution in [0.15, 0.2) is 30.3 Å². The Kier molecular flexibility index (Phi) is 9.06. The Bertz CT molecular complexity index is 320. The number of likely N-dealkylation sites (N-methyl/N-ethyl adjacent to an activating group) is 1. The number of ether oxygens (including phenoxy) is 1. The maximum atomic E-state index is 10.1. The van der Waals surface area contributed by atoms with Crippen molar-refractivity contribution >= 4 is 0 Å². The molecule has 0 aliphatic carbocycles. The molecule has 1 aromatic carbocycles. The molecule has 0 amide bonds. The Morgan fingerprint density at radius 2 is 1.58 bits per heavy atom. The van der Waals surface area contributed by atoms with Gasteiger partial charge in [0.1, 0.15) is 25.0 Å². The second-order valence-electron chi connectivity index (χ2n) is 4.75. The Morgan fingerprint density at radius 3 is 2.05 bits per heavy atom. The van der Waals surface area contributed by atoms with E-state index in [0.29, 0.717) is 6.61 Å². The molecule has 0 radical (unpaired) electrons. The van der Waals surface area contributed by atoms with Crippen molar-refractivity contribution in [1.82, 2.24) is 0 Å². The highest BCUT2D eigenvalue weighted by atomic mass is 79.9. The molecule has 0 bridgehead atoms. The summed E-state index contributed by atoms with van der Waals surface area (Å²) < 4.78 is 6.53. The molecule has 1 unspecified atom stereocenters. The lowest BCUT2D eigenvalue weighted by Crippen LogP contribution is -3.00. The van der Waals surface area contributed by atoms with E-state index >= 15 is 0 Å². The number of halogens is 1. The van der Waals surface area contributed by atoms with Crippen LogP contribution in [0.1, 0.15) is 20.8 Å². The van der Waals surface area contributed by atoms with Gasteiger partial charge < -0.3 is 31.3 Å². The Labute approximate surface area is 127 Å². The van der Waals surface area contributed by atoms with Crippen molar-refractivity contribution in [2.75, 3.05) is 32.8 Å². The summed E-state index contributed by atoms with van der Waals surface area (Å²) in [5.41, 5.74) is 0. The van der Waals surface area contributed by atoms with Gasteiger partial charge in [0.15, 0.2) is 0 Å². The normalized spacial score (nSPS) is 12.6. The first kappa shape index (κ1) is 18.4. The van der Waals surface area contributed by atoms with Crippen LogP contribution >= 0.6 is 0 Å². The number of hydrogen-bond donors (Lipinski definition) is 1. The van der Waals surface area contributed by atoms with Crippen LogP contribution in [0, 0.1) is 0 Å². The highest BCUT2D eigenvalue weighted by Crippen LogP contribution is 2.11. The summed E-state index contributed by atoms with van der Waals surface area (Å²) in [5, 5.41) is 10.1. The van der Waals surface area contributed by atoms with E-state index in [9.17, 15) is 5.11 Å². The van der Waals surface area contributed by atoms with Gasteiger partial charge in [-0.05, 0) is 32.9 Å². The number of benzene rings is 1. The summed E-state index contributed by atoms with van der Waals surface area (Å²) in [6.45, 7) is 10.8. The molecule has 19 heavy (non-hydrogen) atoms. The van der Waals surface area contributed by atoms with E-state index in [1.54, 1.807) is 0 Å². The fraction of sp³-hybridized carbons (Fsp3) is 0.600. The molecular formula is C15H26BrNO2. The monoisotopic (exact) mass is 331 g/mol. The van der Waals surface area contributed by atoms with Gasteiger partial charge in [-0.3, -0.25) is 0 Å².